The van der Waals surface area contributed by atoms with Gasteiger partial charge in [-0.2, -0.15) is 0 Å². The van der Waals surface area contributed by atoms with E-state index in [1.54, 1.807) is 0 Å². The molecule has 3 atom stereocenters. The standard InChI is InChI=1S/C21H32N2O/c1-4-17-18(14-22-19(17)5-2)15(3)13-21(24)23-12-8-10-16-9-6-7-11-20(16)23/h4-5,14-16,20,22H,6-13H2,1-3H3. The molecule has 1 aliphatic heterocycles. The number of amides is 1. The smallest absolute Gasteiger partial charge is 0.223 e. The number of aromatic nitrogens is 1. The van der Waals surface area contributed by atoms with Crippen LogP contribution in [0.5, 0.6) is 0 Å². The molecule has 0 radical (unpaired) electrons. The fourth-order valence-corrected chi connectivity index (χ4v) is 4.86. The van der Waals surface area contributed by atoms with Gasteiger partial charge in [0.15, 0.2) is 0 Å². The average molecular weight is 329 g/mol. The Balaban J connectivity index is 1.73. The van der Waals surface area contributed by atoms with Crippen LogP contribution in [-0.2, 0) is 4.79 Å². The van der Waals surface area contributed by atoms with Gasteiger partial charge in [0.1, 0.15) is 0 Å². The summed E-state index contributed by atoms with van der Waals surface area (Å²) in [5, 5.41) is 2.42. The van der Waals surface area contributed by atoms with Gasteiger partial charge in [-0.25, -0.2) is 0 Å². The van der Waals surface area contributed by atoms with Gasteiger partial charge in [-0.15, -0.1) is 0 Å². The van der Waals surface area contributed by atoms with Crippen molar-refractivity contribution in [2.75, 3.05) is 6.54 Å². The number of nitrogens with one attached hydrogen (secondary N) is 1. The summed E-state index contributed by atoms with van der Waals surface area (Å²) in [5.41, 5.74) is 1.27. The van der Waals surface area contributed by atoms with Gasteiger partial charge in [-0.3, -0.25) is 4.79 Å². The first-order valence-corrected chi connectivity index (χ1v) is 9.75. The van der Waals surface area contributed by atoms with Crippen LogP contribution in [0.3, 0.4) is 0 Å². The average Bonchev–Trinajstić information content (AvgIpc) is 3.04. The zero-order valence-electron chi connectivity index (χ0n) is 15.5. The highest BCUT2D eigenvalue weighted by Crippen LogP contribution is 2.36. The number of aromatic amines is 1. The monoisotopic (exact) mass is 328 g/mol. The molecule has 0 bridgehead atoms. The highest BCUT2D eigenvalue weighted by atomic mass is 16.2. The van der Waals surface area contributed by atoms with Crippen LogP contribution in [0.1, 0.15) is 77.2 Å². The van der Waals surface area contributed by atoms with Crippen LogP contribution in [-0.4, -0.2) is 28.4 Å². The Hall–Kier alpha value is -1.51. The quantitative estimate of drug-likeness (QED) is 0.908. The molecule has 1 amide bonds. The van der Waals surface area contributed by atoms with E-state index >= 15 is 0 Å². The van der Waals surface area contributed by atoms with Crippen molar-refractivity contribution in [2.24, 2.45) is 5.92 Å². The van der Waals surface area contributed by atoms with Crippen molar-refractivity contribution in [1.82, 2.24) is 9.88 Å². The molecule has 1 saturated heterocycles. The third kappa shape index (κ3) is 3.31. The molecule has 0 aromatic carbocycles. The second-order valence-corrected chi connectivity index (χ2v) is 7.60. The van der Waals surface area contributed by atoms with Crippen LogP contribution < -0.4 is 10.6 Å². The number of H-pyrrole nitrogens is 1. The van der Waals surface area contributed by atoms with E-state index in [2.05, 4.69) is 49.0 Å². The minimum atomic E-state index is 0.262. The van der Waals surface area contributed by atoms with E-state index in [4.69, 9.17) is 0 Å². The first kappa shape index (κ1) is 17.3. The van der Waals surface area contributed by atoms with E-state index < -0.39 is 0 Å². The van der Waals surface area contributed by atoms with Crippen molar-refractivity contribution in [1.29, 1.82) is 0 Å². The lowest BCUT2D eigenvalue weighted by Gasteiger charge is -2.44. The Morgan fingerprint density at radius 2 is 2.00 bits per heavy atom. The van der Waals surface area contributed by atoms with Crippen LogP contribution in [0.4, 0.5) is 0 Å². The molecule has 1 aliphatic carbocycles. The molecule has 3 nitrogen and oxygen atoms in total. The van der Waals surface area contributed by atoms with Crippen LogP contribution >= 0.6 is 0 Å². The number of hydrogen-bond acceptors (Lipinski definition) is 1. The van der Waals surface area contributed by atoms with Crippen LogP contribution in [0.15, 0.2) is 6.20 Å². The molecule has 0 spiro atoms. The highest BCUT2D eigenvalue weighted by molar-refractivity contribution is 5.77. The second-order valence-electron chi connectivity index (χ2n) is 7.60. The molecule has 3 rings (SSSR count). The van der Waals surface area contributed by atoms with E-state index in [1.165, 1.54) is 49.3 Å². The SMILES string of the molecule is CC=c1[nH]cc(C(C)CC(=O)N2CCCC3CCCCC32)c1=CC. The largest absolute Gasteiger partial charge is 0.361 e. The number of nitrogens with zero attached hydrogens (tertiary/aromatic N) is 1. The van der Waals surface area contributed by atoms with Crippen molar-refractivity contribution in [3.05, 3.63) is 22.3 Å². The number of hydrogen-bond donors (Lipinski definition) is 1. The first-order chi connectivity index (χ1) is 11.7. The lowest BCUT2D eigenvalue weighted by Crippen LogP contribution is -2.49. The van der Waals surface area contributed by atoms with E-state index in [9.17, 15) is 4.79 Å². The summed E-state index contributed by atoms with van der Waals surface area (Å²) in [6.07, 6.45) is 14.7. The number of rotatable bonds is 3. The Labute approximate surface area is 145 Å². The Morgan fingerprint density at radius 3 is 2.75 bits per heavy atom. The maximum atomic E-state index is 13.0. The van der Waals surface area contributed by atoms with Crippen LogP contribution in [0, 0.1) is 5.92 Å². The van der Waals surface area contributed by atoms with E-state index in [-0.39, 0.29) is 5.92 Å². The van der Waals surface area contributed by atoms with Crippen LogP contribution in [0.2, 0.25) is 0 Å². The molecule has 2 fully saturated rings. The Bertz CT molecular complexity index is 685. The third-order valence-corrected chi connectivity index (χ3v) is 6.14. The fourth-order valence-electron chi connectivity index (χ4n) is 4.86. The minimum absolute atomic E-state index is 0.262. The van der Waals surface area contributed by atoms with E-state index in [0.29, 0.717) is 18.4 Å². The lowest BCUT2D eigenvalue weighted by atomic mass is 9.78. The number of carbonyl (C=O) groups excluding carboxylic acids is 1. The summed E-state index contributed by atoms with van der Waals surface area (Å²) in [6, 6.07) is 0.523. The predicted molar refractivity (Wildman–Crippen MR) is 100 cm³/mol. The highest BCUT2D eigenvalue weighted by Gasteiger charge is 2.35. The van der Waals surface area contributed by atoms with Gasteiger partial charge < -0.3 is 9.88 Å². The third-order valence-electron chi connectivity index (χ3n) is 6.14. The zero-order valence-corrected chi connectivity index (χ0v) is 15.5. The first-order valence-electron chi connectivity index (χ1n) is 9.75. The topological polar surface area (TPSA) is 36.1 Å². The molecule has 1 N–H and O–H groups in total. The van der Waals surface area contributed by atoms with Gasteiger partial charge in [0.05, 0.1) is 0 Å². The summed E-state index contributed by atoms with van der Waals surface area (Å²) in [7, 11) is 0. The van der Waals surface area contributed by atoms with Gasteiger partial charge in [-0.1, -0.05) is 31.9 Å². The molecule has 2 aliphatic rings. The normalized spacial score (nSPS) is 27.2. The van der Waals surface area contributed by atoms with Crippen molar-refractivity contribution < 1.29 is 4.79 Å². The van der Waals surface area contributed by atoms with Crippen LogP contribution in [0.25, 0.3) is 12.2 Å². The number of fused-ring (bicyclic) bond motifs is 1. The summed E-state index contributed by atoms with van der Waals surface area (Å²) in [4.78, 5) is 18.6. The molecular formula is C21H32N2O. The maximum absolute atomic E-state index is 13.0. The van der Waals surface area contributed by atoms with Gasteiger partial charge in [-0.05, 0) is 62.1 Å². The maximum Gasteiger partial charge on any atom is 0.223 e. The van der Waals surface area contributed by atoms with E-state index in [1.807, 2.05) is 0 Å². The molecule has 1 aromatic heterocycles. The minimum Gasteiger partial charge on any atom is -0.361 e. The summed E-state index contributed by atoms with van der Waals surface area (Å²) in [5.74, 6) is 1.39. The summed E-state index contributed by atoms with van der Waals surface area (Å²) in [6.45, 7) is 7.29. The molecule has 1 aromatic rings. The van der Waals surface area contributed by atoms with Gasteiger partial charge in [0.25, 0.3) is 0 Å². The summed E-state index contributed by atoms with van der Waals surface area (Å²) < 4.78 is 0. The van der Waals surface area contributed by atoms with Crippen molar-refractivity contribution in [2.45, 2.75) is 77.7 Å². The summed E-state index contributed by atoms with van der Waals surface area (Å²) >= 11 is 0. The lowest BCUT2D eigenvalue weighted by molar-refractivity contribution is -0.137. The van der Waals surface area contributed by atoms with Gasteiger partial charge in [0.2, 0.25) is 5.91 Å². The Kier molecular flexibility index (Phi) is 5.47. The predicted octanol–water partition coefficient (Wildman–Crippen LogP) is 3.29. The van der Waals surface area contributed by atoms with E-state index in [0.717, 1.165) is 17.8 Å². The fraction of sp³-hybridized carbons (Fsp3) is 0.667. The molecule has 1 saturated carbocycles. The van der Waals surface area contributed by atoms with Gasteiger partial charge >= 0.3 is 0 Å². The van der Waals surface area contributed by atoms with Crippen molar-refractivity contribution in [3.63, 3.8) is 0 Å². The zero-order chi connectivity index (χ0) is 17.1. The molecule has 3 unspecified atom stereocenters. The van der Waals surface area contributed by atoms with Crippen molar-refractivity contribution in [3.8, 4) is 0 Å². The molecule has 132 valence electrons. The molecule has 24 heavy (non-hydrogen) atoms. The molecular weight excluding hydrogens is 296 g/mol. The number of likely N-dealkylation sites (tertiary alicyclic amines) is 1. The number of piperidine rings is 1. The molecule has 2 heterocycles. The van der Waals surface area contributed by atoms with Crippen molar-refractivity contribution >= 4 is 18.1 Å². The number of carbonyl (C=O) groups is 1. The second kappa shape index (κ2) is 7.58. The Morgan fingerprint density at radius 1 is 1.25 bits per heavy atom. The molecule has 3 heteroatoms. The van der Waals surface area contributed by atoms with Gasteiger partial charge in [0, 0.05) is 30.6 Å².